The molecule has 0 unspecified atom stereocenters. The summed E-state index contributed by atoms with van der Waals surface area (Å²) >= 11 is 0. The molecule has 1 amide bonds. The Morgan fingerprint density at radius 1 is 1.09 bits per heavy atom. The number of carbonyl (C=O) groups excluding carboxylic acids is 1. The second-order valence-corrected chi connectivity index (χ2v) is 5.14. The molecule has 1 aliphatic heterocycles. The molecule has 1 saturated heterocycles. The van der Waals surface area contributed by atoms with Crippen molar-refractivity contribution < 1.29 is 13.6 Å². The highest BCUT2D eigenvalue weighted by Gasteiger charge is 2.19. The van der Waals surface area contributed by atoms with E-state index in [9.17, 15) is 9.18 Å². The van der Waals surface area contributed by atoms with Gasteiger partial charge in [0.05, 0.1) is 6.26 Å². The number of carbonyl (C=O) groups is 1. The lowest BCUT2D eigenvalue weighted by Crippen LogP contribution is -2.48. The number of furan rings is 1. The Balaban J connectivity index is 1.55. The van der Waals surface area contributed by atoms with Crippen molar-refractivity contribution >= 4 is 17.7 Å². The molecule has 2 heterocycles. The zero-order valence-electron chi connectivity index (χ0n) is 12.1. The smallest absolute Gasteiger partial charge is 0.246 e. The molecule has 0 aliphatic carbocycles. The summed E-state index contributed by atoms with van der Waals surface area (Å²) in [4.78, 5) is 16.1. The van der Waals surface area contributed by atoms with Crippen LogP contribution in [-0.2, 0) is 4.79 Å². The van der Waals surface area contributed by atoms with Gasteiger partial charge in [0.15, 0.2) is 0 Å². The number of benzene rings is 1. The average Bonchev–Trinajstić information content (AvgIpc) is 3.07. The minimum Gasteiger partial charge on any atom is -0.465 e. The lowest BCUT2D eigenvalue weighted by atomic mass is 10.2. The van der Waals surface area contributed by atoms with Crippen LogP contribution in [0.5, 0.6) is 0 Å². The van der Waals surface area contributed by atoms with E-state index in [0.29, 0.717) is 18.8 Å². The molecule has 0 saturated carbocycles. The van der Waals surface area contributed by atoms with Crippen LogP contribution in [0, 0.1) is 5.82 Å². The highest BCUT2D eigenvalue weighted by Crippen LogP contribution is 2.17. The van der Waals surface area contributed by atoms with E-state index < -0.39 is 0 Å². The van der Waals surface area contributed by atoms with E-state index in [4.69, 9.17) is 4.42 Å². The molecule has 0 atom stereocenters. The Morgan fingerprint density at radius 3 is 2.45 bits per heavy atom. The number of nitrogens with zero attached hydrogens (tertiary/aromatic N) is 2. The largest absolute Gasteiger partial charge is 0.465 e. The molecule has 1 aromatic carbocycles. The minimum atomic E-state index is -0.236. The van der Waals surface area contributed by atoms with Gasteiger partial charge < -0.3 is 14.2 Å². The van der Waals surface area contributed by atoms with Gasteiger partial charge in [-0.1, -0.05) is 0 Å². The first-order valence-electron chi connectivity index (χ1n) is 7.23. The van der Waals surface area contributed by atoms with Gasteiger partial charge in [0.2, 0.25) is 5.91 Å². The molecule has 1 aliphatic rings. The van der Waals surface area contributed by atoms with E-state index in [1.165, 1.54) is 18.2 Å². The number of rotatable bonds is 3. The summed E-state index contributed by atoms with van der Waals surface area (Å²) in [6.07, 6.45) is 4.78. The molecule has 2 aromatic rings. The maximum Gasteiger partial charge on any atom is 0.246 e. The molecular weight excluding hydrogens is 283 g/mol. The van der Waals surface area contributed by atoms with Crippen LogP contribution >= 0.6 is 0 Å². The van der Waals surface area contributed by atoms with Gasteiger partial charge in [0.25, 0.3) is 0 Å². The first-order valence-corrected chi connectivity index (χ1v) is 7.23. The van der Waals surface area contributed by atoms with Crippen molar-refractivity contribution in [3.05, 3.63) is 60.3 Å². The van der Waals surface area contributed by atoms with Crippen molar-refractivity contribution in [2.24, 2.45) is 0 Å². The van der Waals surface area contributed by atoms with E-state index in [1.54, 1.807) is 41.5 Å². The van der Waals surface area contributed by atoms with Gasteiger partial charge in [0, 0.05) is 37.9 Å². The third kappa shape index (κ3) is 3.36. The predicted octanol–water partition coefficient (Wildman–Crippen LogP) is 2.78. The van der Waals surface area contributed by atoms with E-state index >= 15 is 0 Å². The van der Waals surface area contributed by atoms with Gasteiger partial charge in [0.1, 0.15) is 11.6 Å². The fraction of sp³-hybridized carbons (Fsp3) is 0.235. The third-order valence-electron chi connectivity index (χ3n) is 3.72. The SMILES string of the molecule is O=C(/C=C\c1ccco1)N1CCN(c2ccc(F)cc2)CC1. The first kappa shape index (κ1) is 14.4. The summed E-state index contributed by atoms with van der Waals surface area (Å²) in [7, 11) is 0. The van der Waals surface area contributed by atoms with Crippen molar-refractivity contribution in [2.75, 3.05) is 31.1 Å². The molecule has 1 aromatic heterocycles. The molecule has 114 valence electrons. The molecule has 4 nitrogen and oxygen atoms in total. The maximum absolute atomic E-state index is 12.9. The molecule has 3 rings (SSSR count). The van der Waals surface area contributed by atoms with E-state index in [2.05, 4.69) is 4.90 Å². The second kappa shape index (κ2) is 6.47. The molecular formula is C17H17FN2O2. The Hall–Kier alpha value is -2.56. The van der Waals surface area contributed by atoms with Gasteiger partial charge in [-0.2, -0.15) is 0 Å². The molecule has 5 heteroatoms. The van der Waals surface area contributed by atoms with Crippen LogP contribution < -0.4 is 4.90 Å². The van der Waals surface area contributed by atoms with Crippen LogP contribution in [0.15, 0.2) is 53.2 Å². The quantitative estimate of drug-likeness (QED) is 0.818. The number of anilines is 1. The fourth-order valence-electron chi connectivity index (χ4n) is 2.48. The molecule has 22 heavy (non-hydrogen) atoms. The average molecular weight is 300 g/mol. The van der Waals surface area contributed by atoms with Crippen LogP contribution in [0.1, 0.15) is 5.76 Å². The van der Waals surface area contributed by atoms with Gasteiger partial charge in [-0.25, -0.2) is 4.39 Å². The number of piperazine rings is 1. The molecule has 0 spiro atoms. The molecule has 1 fully saturated rings. The third-order valence-corrected chi connectivity index (χ3v) is 3.72. The summed E-state index contributed by atoms with van der Waals surface area (Å²) in [5.41, 5.74) is 0.986. The Morgan fingerprint density at radius 2 is 1.82 bits per heavy atom. The predicted molar refractivity (Wildman–Crippen MR) is 82.9 cm³/mol. The van der Waals surface area contributed by atoms with Crippen molar-refractivity contribution in [3.8, 4) is 0 Å². The normalized spacial score (nSPS) is 15.5. The Bertz CT molecular complexity index is 642. The van der Waals surface area contributed by atoms with Gasteiger partial charge in [-0.15, -0.1) is 0 Å². The topological polar surface area (TPSA) is 36.7 Å². The summed E-state index contributed by atoms with van der Waals surface area (Å²) in [5, 5.41) is 0. The second-order valence-electron chi connectivity index (χ2n) is 5.14. The number of halogens is 1. The van der Waals surface area contributed by atoms with Crippen molar-refractivity contribution in [2.45, 2.75) is 0 Å². The molecule has 0 bridgehead atoms. The first-order chi connectivity index (χ1) is 10.7. The monoisotopic (exact) mass is 300 g/mol. The number of hydrogen-bond donors (Lipinski definition) is 0. The maximum atomic E-state index is 12.9. The van der Waals surface area contributed by atoms with Crippen LogP contribution in [-0.4, -0.2) is 37.0 Å². The Kier molecular flexibility index (Phi) is 4.23. The van der Waals surface area contributed by atoms with Crippen LogP contribution in [0.25, 0.3) is 6.08 Å². The van der Waals surface area contributed by atoms with Gasteiger partial charge in [-0.3, -0.25) is 4.79 Å². The minimum absolute atomic E-state index is 0.0184. The van der Waals surface area contributed by atoms with Crippen LogP contribution in [0.4, 0.5) is 10.1 Å². The van der Waals surface area contributed by atoms with E-state index in [0.717, 1.165) is 18.8 Å². The number of amides is 1. The lowest BCUT2D eigenvalue weighted by molar-refractivity contribution is -0.126. The highest BCUT2D eigenvalue weighted by atomic mass is 19.1. The van der Waals surface area contributed by atoms with Crippen LogP contribution in [0.2, 0.25) is 0 Å². The number of hydrogen-bond acceptors (Lipinski definition) is 3. The van der Waals surface area contributed by atoms with Crippen molar-refractivity contribution in [3.63, 3.8) is 0 Å². The van der Waals surface area contributed by atoms with Crippen molar-refractivity contribution in [1.29, 1.82) is 0 Å². The lowest BCUT2D eigenvalue weighted by Gasteiger charge is -2.35. The zero-order chi connectivity index (χ0) is 15.4. The standard InChI is InChI=1S/C17H17FN2O2/c18-14-3-5-15(6-4-14)19-9-11-20(12-10-19)17(21)8-7-16-2-1-13-22-16/h1-8,13H,9-12H2/b8-7-. The van der Waals surface area contributed by atoms with E-state index in [1.807, 2.05) is 0 Å². The summed E-state index contributed by atoms with van der Waals surface area (Å²) in [6.45, 7) is 2.79. The van der Waals surface area contributed by atoms with Gasteiger partial charge >= 0.3 is 0 Å². The Labute approximate surface area is 128 Å². The van der Waals surface area contributed by atoms with Gasteiger partial charge in [-0.05, 0) is 42.5 Å². The fourth-order valence-corrected chi connectivity index (χ4v) is 2.48. The van der Waals surface area contributed by atoms with E-state index in [-0.39, 0.29) is 11.7 Å². The highest BCUT2D eigenvalue weighted by molar-refractivity contribution is 5.91. The molecule has 0 radical (unpaired) electrons. The summed E-state index contributed by atoms with van der Waals surface area (Å²) < 4.78 is 18.1. The van der Waals surface area contributed by atoms with Crippen LogP contribution in [0.3, 0.4) is 0 Å². The summed E-state index contributed by atoms with van der Waals surface area (Å²) in [5.74, 6) is 0.411. The molecule has 0 N–H and O–H groups in total. The summed E-state index contributed by atoms with van der Waals surface area (Å²) in [6, 6.07) is 10.0. The zero-order valence-corrected chi connectivity index (χ0v) is 12.1. The van der Waals surface area contributed by atoms with Crippen molar-refractivity contribution in [1.82, 2.24) is 4.90 Å².